The molecule has 176 valence electrons. The van der Waals surface area contributed by atoms with E-state index < -0.39 is 0 Å². The number of rotatable bonds is 8. The Morgan fingerprint density at radius 3 is 2.74 bits per heavy atom. The maximum atomic E-state index is 14.3. The first kappa shape index (κ1) is 23.2. The number of hydrogen-bond acceptors (Lipinski definition) is 6. The first-order valence-electron chi connectivity index (χ1n) is 10.9. The van der Waals surface area contributed by atoms with Crippen LogP contribution in [-0.2, 0) is 11.8 Å². The summed E-state index contributed by atoms with van der Waals surface area (Å²) in [5.41, 5.74) is 2.86. The minimum atomic E-state index is -0.295. The van der Waals surface area contributed by atoms with E-state index in [1.807, 2.05) is 36.7 Å². The van der Waals surface area contributed by atoms with E-state index in [0.717, 1.165) is 11.0 Å². The van der Waals surface area contributed by atoms with Crippen LogP contribution in [0.15, 0.2) is 54.7 Å². The lowest BCUT2D eigenvalue weighted by Crippen LogP contribution is -2.07. The van der Waals surface area contributed by atoms with Crippen molar-refractivity contribution in [2.45, 2.75) is 26.2 Å². The minimum absolute atomic E-state index is 0.00146. The Morgan fingerprint density at radius 1 is 1.18 bits per heavy atom. The van der Waals surface area contributed by atoms with E-state index in [0.29, 0.717) is 40.9 Å². The molecule has 9 heteroatoms. The van der Waals surface area contributed by atoms with E-state index >= 15 is 0 Å². The minimum Gasteiger partial charge on any atom is -0.457 e. The van der Waals surface area contributed by atoms with Crippen molar-refractivity contribution in [3.05, 3.63) is 66.1 Å². The van der Waals surface area contributed by atoms with Gasteiger partial charge in [0.25, 0.3) is 0 Å². The number of halogens is 1. The Morgan fingerprint density at radius 2 is 1.97 bits per heavy atom. The molecule has 4 aromatic rings. The number of aromatic nitrogens is 3. The highest BCUT2D eigenvalue weighted by Gasteiger charge is 2.14. The lowest BCUT2D eigenvalue weighted by atomic mass is 9.97. The summed E-state index contributed by atoms with van der Waals surface area (Å²) in [6.45, 7) is 3.30. The number of nitrogens with one attached hydrogen (secondary N) is 2. The van der Waals surface area contributed by atoms with Gasteiger partial charge in [-0.05, 0) is 54.3 Å². The quantitative estimate of drug-likeness (QED) is 0.337. The van der Waals surface area contributed by atoms with E-state index in [9.17, 15) is 14.3 Å². The maximum absolute atomic E-state index is 14.3. The van der Waals surface area contributed by atoms with Crippen molar-refractivity contribution in [2.75, 3.05) is 17.2 Å². The summed E-state index contributed by atoms with van der Waals surface area (Å²) < 4.78 is 22.1. The summed E-state index contributed by atoms with van der Waals surface area (Å²) in [6, 6.07) is 13.7. The second kappa shape index (κ2) is 9.88. The molecule has 0 aliphatic carbocycles. The molecule has 1 atom stereocenters. The summed E-state index contributed by atoms with van der Waals surface area (Å²) >= 11 is 0. The predicted octanol–water partition coefficient (Wildman–Crippen LogP) is 5.09. The fourth-order valence-electron chi connectivity index (χ4n) is 3.69. The number of imidazole rings is 1. The van der Waals surface area contributed by atoms with E-state index in [1.54, 1.807) is 30.5 Å². The monoisotopic (exact) mass is 463 g/mol. The number of hydrogen-bond donors (Lipinski definition) is 3. The van der Waals surface area contributed by atoms with E-state index in [2.05, 4.69) is 20.6 Å². The normalized spacial score (nSPS) is 11.9. The van der Waals surface area contributed by atoms with Crippen LogP contribution in [0, 0.1) is 5.82 Å². The number of anilines is 3. The average molecular weight is 464 g/mol. The maximum Gasteiger partial charge on any atom is 0.222 e. The molecule has 0 saturated heterocycles. The van der Waals surface area contributed by atoms with Gasteiger partial charge >= 0.3 is 0 Å². The summed E-state index contributed by atoms with van der Waals surface area (Å²) in [7, 11) is 1.89. The second-order valence-electron chi connectivity index (χ2n) is 8.08. The molecule has 0 fully saturated rings. The summed E-state index contributed by atoms with van der Waals surface area (Å²) in [6.07, 6.45) is 2.04. The molecule has 8 nitrogen and oxygen atoms in total. The van der Waals surface area contributed by atoms with Crippen LogP contribution in [-0.4, -0.2) is 32.2 Å². The zero-order valence-electron chi connectivity index (χ0n) is 19.2. The second-order valence-corrected chi connectivity index (χ2v) is 8.08. The highest BCUT2D eigenvalue weighted by Crippen LogP contribution is 2.30. The molecule has 0 saturated carbocycles. The largest absolute Gasteiger partial charge is 0.457 e. The number of ether oxygens (including phenoxy) is 1. The van der Waals surface area contributed by atoms with Gasteiger partial charge in [0, 0.05) is 44.6 Å². The molecule has 1 amide bonds. The van der Waals surface area contributed by atoms with Crippen LogP contribution in [0.2, 0.25) is 0 Å². The smallest absolute Gasteiger partial charge is 0.222 e. The van der Waals surface area contributed by atoms with Crippen LogP contribution >= 0.6 is 0 Å². The van der Waals surface area contributed by atoms with Crippen molar-refractivity contribution in [3.63, 3.8) is 0 Å². The van der Waals surface area contributed by atoms with Crippen molar-refractivity contribution in [3.8, 4) is 11.5 Å². The molecular formula is C25H26FN5O3. The number of nitrogens with zero attached hydrogens (tertiary/aromatic N) is 3. The van der Waals surface area contributed by atoms with Crippen LogP contribution < -0.4 is 15.4 Å². The molecule has 4 rings (SSSR count). The van der Waals surface area contributed by atoms with Crippen molar-refractivity contribution in [2.24, 2.45) is 7.05 Å². The fraction of sp³-hybridized carbons (Fsp3) is 0.240. The van der Waals surface area contributed by atoms with Crippen molar-refractivity contribution in [1.29, 1.82) is 0 Å². The van der Waals surface area contributed by atoms with Gasteiger partial charge in [0.2, 0.25) is 11.9 Å². The van der Waals surface area contributed by atoms with Crippen molar-refractivity contribution in [1.82, 2.24) is 14.5 Å². The van der Waals surface area contributed by atoms with Gasteiger partial charge < -0.3 is 25.0 Å². The first-order valence-corrected chi connectivity index (χ1v) is 10.9. The van der Waals surface area contributed by atoms with Gasteiger partial charge in [-0.15, -0.1) is 0 Å². The molecule has 2 aromatic carbocycles. The Bertz CT molecular complexity index is 1340. The lowest BCUT2D eigenvalue weighted by molar-refractivity contribution is -0.114. The van der Waals surface area contributed by atoms with Gasteiger partial charge in [-0.2, -0.15) is 0 Å². The SMILES string of the molecule is CC(=O)Nc1cc(Oc2ccc3c(c2)nc(Nc2ccc(F)c(C(C)CCO)c2)n3C)ccn1. The number of fused-ring (bicyclic) bond motifs is 1. The van der Waals surface area contributed by atoms with Gasteiger partial charge in [0.05, 0.1) is 11.0 Å². The molecule has 0 spiro atoms. The Kier molecular flexibility index (Phi) is 6.74. The average Bonchev–Trinajstić information content (AvgIpc) is 3.09. The number of amides is 1. The first-order chi connectivity index (χ1) is 16.3. The molecule has 0 bridgehead atoms. The summed E-state index contributed by atoms with van der Waals surface area (Å²) in [5.74, 6) is 1.50. The third kappa shape index (κ3) is 5.15. The molecular weight excluding hydrogens is 437 g/mol. The molecule has 0 aliphatic rings. The zero-order valence-corrected chi connectivity index (χ0v) is 19.2. The fourth-order valence-corrected chi connectivity index (χ4v) is 3.69. The Balaban J connectivity index is 1.57. The summed E-state index contributed by atoms with van der Waals surface area (Å²) in [5, 5.41) is 15.1. The number of aliphatic hydroxyl groups is 1. The highest BCUT2D eigenvalue weighted by atomic mass is 19.1. The van der Waals surface area contributed by atoms with Crippen LogP contribution in [0.5, 0.6) is 11.5 Å². The standard InChI is InChI=1S/C25H26FN5O3/c1-15(9-11-32)20-12-17(4-6-21(20)26)29-25-30-22-13-18(5-7-23(22)31(25)3)34-19-8-10-27-24(14-19)28-16(2)33/h4-8,10,12-15,32H,9,11H2,1-3H3,(H,29,30)(H,27,28,33). The van der Waals surface area contributed by atoms with Crippen LogP contribution in [0.25, 0.3) is 11.0 Å². The van der Waals surface area contributed by atoms with E-state index in [-0.39, 0.29) is 24.2 Å². The molecule has 2 heterocycles. The van der Waals surface area contributed by atoms with Gasteiger partial charge in [0.1, 0.15) is 23.1 Å². The van der Waals surface area contributed by atoms with E-state index in [1.165, 1.54) is 13.0 Å². The number of carbonyl (C=O) groups is 1. The van der Waals surface area contributed by atoms with E-state index in [4.69, 9.17) is 4.74 Å². The molecule has 34 heavy (non-hydrogen) atoms. The third-order valence-corrected chi connectivity index (χ3v) is 5.47. The van der Waals surface area contributed by atoms with Gasteiger partial charge in [-0.25, -0.2) is 14.4 Å². The number of pyridine rings is 1. The molecule has 0 radical (unpaired) electrons. The summed E-state index contributed by atoms with van der Waals surface area (Å²) in [4.78, 5) is 20.0. The number of aryl methyl sites for hydroxylation is 1. The van der Waals surface area contributed by atoms with Gasteiger partial charge in [-0.3, -0.25) is 4.79 Å². The number of aliphatic hydroxyl groups excluding tert-OH is 1. The molecule has 2 aromatic heterocycles. The molecule has 3 N–H and O–H groups in total. The molecule has 1 unspecified atom stereocenters. The van der Waals surface area contributed by atoms with Crippen LogP contribution in [0.4, 0.5) is 21.8 Å². The zero-order chi connectivity index (χ0) is 24.2. The highest BCUT2D eigenvalue weighted by molar-refractivity contribution is 5.87. The van der Waals surface area contributed by atoms with Crippen molar-refractivity contribution >= 4 is 34.4 Å². The number of benzene rings is 2. The Labute approximate surface area is 196 Å². The topological polar surface area (TPSA) is 101 Å². The van der Waals surface area contributed by atoms with Crippen LogP contribution in [0.3, 0.4) is 0 Å². The van der Waals surface area contributed by atoms with Crippen molar-refractivity contribution < 1.29 is 19.0 Å². The molecule has 0 aliphatic heterocycles. The predicted molar refractivity (Wildman–Crippen MR) is 129 cm³/mol. The lowest BCUT2D eigenvalue weighted by Gasteiger charge is -2.14. The Hall–Kier alpha value is -3.98. The third-order valence-electron chi connectivity index (χ3n) is 5.47. The number of carbonyl (C=O) groups excluding carboxylic acids is 1. The van der Waals surface area contributed by atoms with Gasteiger partial charge in [-0.1, -0.05) is 6.92 Å². The van der Waals surface area contributed by atoms with Crippen LogP contribution in [0.1, 0.15) is 31.7 Å². The van der Waals surface area contributed by atoms with Gasteiger partial charge in [0.15, 0.2) is 0 Å².